The molecule has 0 saturated heterocycles. The van der Waals surface area contributed by atoms with Crippen LogP contribution >= 0.6 is 0 Å². The van der Waals surface area contributed by atoms with Crippen LogP contribution in [0.25, 0.3) is 0 Å². The number of imidazole rings is 1. The van der Waals surface area contributed by atoms with Crippen LogP contribution in [0.4, 0.5) is 5.82 Å². The number of nitrogens with one attached hydrogen (secondary N) is 3. The third-order valence-electron chi connectivity index (χ3n) is 1.67. The average molecular weight is 191 g/mol. The summed E-state index contributed by atoms with van der Waals surface area (Å²) in [5, 5.41) is 2.96. The van der Waals surface area contributed by atoms with Crippen molar-refractivity contribution in [2.75, 3.05) is 5.32 Å². The van der Waals surface area contributed by atoms with Crippen molar-refractivity contribution in [1.29, 1.82) is 0 Å². The maximum absolute atomic E-state index is 10.9. The zero-order valence-electron chi connectivity index (χ0n) is 7.32. The molecule has 0 aromatic carbocycles. The van der Waals surface area contributed by atoms with Gasteiger partial charge in [0.2, 0.25) is 0 Å². The van der Waals surface area contributed by atoms with Crippen molar-refractivity contribution in [3.05, 3.63) is 41.0 Å². The molecule has 0 unspecified atom stereocenters. The van der Waals surface area contributed by atoms with E-state index >= 15 is 0 Å². The second-order valence-corrected chi connectivity index (χ2v) is 2.69. The van der Waals surface area contributed by atoms with E-state index in [1.807, 2.05) is 0 Å². The van der Waals surface area contributed by atoms with Gasteiger partial charge < -0.3 is 15.3 Å². The number of rotatable bonds is 3. The van der Waals surface area contributed by atoms with Crippen molar-refractivity contribution in [3.8, 4) is 0 Å². The minimum atomic E-state index is -0.179. The first-order valence-electron chi connectivity index (χ1n) is 4.11. The fraction of sp³-hybridized carbons (Fsp3) is 0.125. The van der Waals surface area contributed by atoms with Gasteiger partial charge >= 0.3 is 0 Å². The summed E-state index contributed by atoms with van der Waals surface area (Å²) < 4.78 is 0. The van der Waals surface area contributed by atoms with Gasteiger partial charge in [-0.1, -0.05) is 0 Å². The SMILES string of the molecule is O=c1cc(NCc2ncc[nH]2)nc[nH]1. The van der Waals surface area contributed by atoms with Gasteiger partial charge in [0, 0.05) is 18.5 Å². The maximum atomic E-state index is 10.9. The smallest absolute Gasteiger partial charge is 0.252 e. The van der Waals surface area contributed by atoms with Crippen LogP contribution in [-0.4, -0.2) is 19.9 Å². The molecule has 14 heavy (non-hydrogen) atoms. The summed E-state index contributed by atoms with van der Waals surface area (Å²) in [6.07, 6.45) is 4.76. The Bertz CT molecular complexity index is 447. The lowest BCUT2D eigenvalue weighted by Crippen LogP contribution is -2.09. The lowest BCUT2D eigenvalue weighted by atomic mass is 10.5. The second kappa shape index (κ2) is 3.73. The third kappa shape index (κ3) is 1.98. The van der Waals surface area contributed by atoms with Crippen LogP contribution in [0.2, 0.25) is 0 Å². The first-order chi connectivity index (χ1) is 6.84. The van der Waals surface area contributed by atoms with Crippen LogP contribution in [0.5, 0.6) is 0 Å². The molecular weight excluding hydrogens is 182 g/mol. The summed E-state index contributed by atoms with van der Waals surface area (Å²) in [4.78, 5) is 24.2. The van der Waals surface area contributed by atoms with E-state index in [1.54, 1.807) is 12.4 Å². The largest absolute Gasteiger partial charge is 0.363 e. The third-order valence-corrected chi connectivity index (χ3v) is 1.67. The fourth-order valence-corrected chi connectivity index (χ4v) is 1.03. The van der Waals surface area contributed by atoms with Crippen molar-refractivity contribution in [3.63, 3.8) is 0 Å². The van der Waals surface area contributed by atoms with Crippen molar-refractivity contribution in [1.82, 2.24) is 19.9 Å². The molecule has 0 saturated carbocycles. The van der Waals surface area contributed by atoms with E-state index in [0.29, 0.717) is 12.4 Å². The first kappa shape index (κ1) is 8.49. The Labute approximate surface area is 79.4 Å². The van der Waals surface area contributed by atoms with E-state index in [-0.39, 0.29) is 5.56 Å². The molecule has 3 N–H and O–H groups in total. The Morgan fingerprint density at radius 2 is 2.29 bits per heavy atom. The van der Waals surface area contributed by atoms with Crippen molar-refractivity contribution in [2.24, 2.45) is 0 Å². The maximum Gasteiger partial charge on any atom is 0.252 e. The van der Waals surface area contributed by atoms with Gasteiger partial charge in [0.05, 0.1) is 12.9 Å². The molecule has 0 aliphatic carbocycles. The summed E-state index contributed by atoms with van der Waals surface area (Å²) >= 11 is 0. The van der Waals surface area contributed by atoms with Gasteiger partial charge in [-0.3, -0.25) is 4.79 Å². The Morgan fingerprint density at radius 1 is 1.36 bits per heavy atom. The van der Waals surface area contributed by atoms with Gasteiger partial charge in [0.25, 0.3) is 5.56 Å². The monoisotopic (exact) mass is 191 g/mol. The molecule has 0 atom stereocenters. The number of anilines is 1. The Hall–Kier alpha value is -2.11. The van der Waals surface area contributed by atoms with Crippen molar-refractivity contribution >= 4 is 5.82 Å². The fourth-order valence-electron chi connectivity index (χ4n) is 1.03. The topological polar surface area (TPSA) is 86.5 Å². The van der Waals surface area contributed by atoms with E-state index < -0.39 is 0 Å². The number of aromatic nitrogens is 4. The van der Waals surface area contributed by atoms with E-state index in [2.05, 4.69) is 25.3 Å². The van der Waals surface area contributed by atoms with Gasteiger partial charge in [-0.15, -0.1) is 0 Å². The summed E-state index contributed by atoms with van der Waals surface area (Å²) in [7, 11) is 0. The van der Waals surface area contributed by atoms with Gasteiger partial charge in [0.15, 0.2) is 0 Å². The van der Waals surface area contributed by atoms with Crippen LogP contribution in [0.15, 0.2) is 29.6 Å². The zero-order valence-corrected chi connectivity index (χ0v) is 7.32. The van der Waals surface area contributed by atoms with E-state index in [4.69, 9.17) is 0 Å². The standard InChI is InChI=1S/C8H9N5O/c14-8-3-6(12-5-13-8)11-4-7-9-1-2-10-7/h1-3,5H,4H2,(H,9,10)(H2,11,12,13,14). The van der Waals surface area contributed by atoms with E-state index in [0.717, 1.165) is 5.82 Å². The highest BCUT2D eigenvalue weighted by molar-refractivity contribution is 5.31. The quantitative estimate of drug-likeness (QED) is 0.642. The molecule has 72 valence electrons. The number of H-pyrrole nitrogens is 2. The Kier molecular flexibility index (Phi) is 2.26. The van der Waals surface area contributed by atoms with Gasteiger partial charge in [-0.05, 0) is 0 Å². The summed E-state index contributed by atoms with van der Waals surface area (Å²) in [5.74, 6) is 1.33. The molecule has 0 fully saturated rings. The van der Waals surface area contributed by atoms with Crippen molar-refractivity contribution < 1.29 is 0 Å². The molecule has 2 rings (SSSR count). The molecular formula is C8H9N5O. The minimum absolute atomic E-state index is 0.179. The van der Waals surface area contributed by atoms with Crippen LogP contribution < -0.4 is 10.9 Å². The predicted molar refractivity (Wildman–Crippen MR) is 50.8 cm³/mol. The molecule has 2 heterocycles. The summed E-state index contributed by atoms with van der Waals surface area (Å²) in [6.45, 7) is 0.517. The number of aromatic amines is 2. The average Bonchev–Trinajstić information content (AvgIpc) is 2.67. The number of nitrogens with zero attached hydrogens (tertiary/aromatic N) is 2. The van der Waals surface area contributed by atoms with Gasteiger partial charge in [-0.2, -0.15) is 0 Å². The van der Waals surface area contributed by atoms with Crippen LogP contribution in [0.3, 0.4) is 0 Å². The molecule has 0 radical (unpaired) electrons. The normalized spacial score (nSPS) is 10.0. The lowest BCUT2D eigenvalue weighted by Gasteiger charge is -2.01. The molecule has 2 aromatic rings. The second-order valence-electron chi connectivity index (χ2n) is 2.69. The van der Waals surface area contributed by atoms with E-state index in [1.165, 1.54) is 12.4 Å². The molecule has 6 nitrogen and oxygen atoms in total. The van der Waals surface area contributed by atoms with Crippen LogP contribution in [-0.2, 0) is 6.54 Å². The van der Waals surface area contributed by atoms with Crippen LogP contribution in [0.1, 0.15) is 5.82 Å². The predicted octanol–water partition coefficient (Wildman–Crippen LogP) is 0.105. The first-order valence-corrected chi connectivity index (χ1v) is 4.11. The molecule has 2 aromatic heterocycles. The highest BCUT2D eigenvalue weighted by Crippen LogP contribution is 1.97. The van der Waals surface area contributed by atoms with E-state index in [9.17, 15) is 4.79 Å². The Balaban J connectivity index is 2.02. The highest BCUT2D eigenvalue weighted by atomic mass is 16.1. The lowest BCUT2D eigenvalue weighted by molar-refractivity contribution is 0.978. The molecule has 0 spiro atoms. The molecule has 0 aliphatic heterocycles. The molecule has 0 amide bonds. The zero-order chi connectivity index (χ0) is 9.80. The molecule has 0 bridgehead atoms. The van der Waals surface area contributed by atoms with Gasteiger partial charge in [0.1, 0.15) is 11.6 Å². The molecule has 0 aliphatic rings. The number of hydrogen-bond donors (Lipinski definition) is 3. The highest BCUT2D eigenvalue weighted by Gasteiger charge is 1.96. The summed E-state index contributed by atoms with van der Waals surface area (Å²) in [5.41, 5.74) is -0.179. The molecule has 6 heteroatoms. The Morgan fingerprint density at radius 3 is 3.00 bits per heavy atom. The number of hydrogen-bond acceptors (Lipinski definition) is 4. The van der Waals surface area contributed by atoms with Gasteiger partial charge in [-0.25, -0.2) is 9.97 Å². The van der Waals surface area contributed by atoms with Crippen molar-refractivity contribution in [2.45, 2.75) is 6.54 Å². The summed E-state index contributed by atoms with van der Waals surface area (Å²) in [6, 6.07) is 1.39. The minimum Gasteiger partial charge on any atom is -0.363 e. The van der Waals surface area contributed by atoms with Crippen LogP contribution in [0, 0.1) is 0 Å².